The van der Waals surface area contributed by atoms with Gasteiger partial charge in [-0.05, 0) is 42.8 Å². The zero-order valence-corrected chi connectivity index (χ0v) is 12.2. The van der Waals surface area contributed by atoms with Crippen LogP contribution in [0.2, 0.25) is 0 Å². The van der Waals surface area contributed by atoms with Crippen molar-refractivity contribution >= 4 is 10.8 Å². The van der Waals surface area contributed by atoms with Crippen LogP contribution in [0.15, 0.2) is 36.7 Å². The zero-order chi connectivity index (χ0) is 14.2. The SMILES string of the molecule is Cc1nc(C2CCC2)nn1Cc1ccc2cnccc2c1. The lowest BCUT2D eigenvalue weighted by Gasteiger charge is -2.21. The van der Waals surface area contributed by atoms with Gasteiger partial charge in [-0.2, -0.15) is 5.10 Å². The fourth-order valence-corrected chi connectivity index (χ4v) is 2.84. The molecule has 3 aromatic rings. The minimum Gasteiger partial charge on any atom is -0.264 e. The molecule has 1 aromatic carbocycles. The summed E-state index contributed by atoms with van der Waals surface area (Å²) in [4.78, 5) is 8.78. The summed E-state index contributed by atoms with van der Waals surface area (Å²) in [7, 11) is 0. The standard InChI is InChI=1S/C17H18N4/c1-12-19-17(14-3-2-4-14)20-21(12)11-13-5-6-16-10-18-8-7-15(16)9-13/h5-10,14H,2-4,11H2,1H3. The summed E-state index contributed by atoms with van der Waals surface area (Å²) in [5.74, 6) is 2.63. The number of benzene rings is 1. The minimum atomic E-state index is 0.590. The first-order valence-corrected chi connectivity index (χ1v) is 7.53. The van der Waals surface area contributed by atoms with Gasteiger partial charge < -0.3 is 0 Å². The van der Waals surface area contributed by atoms with E-state index in [0.29, 0.717) is 5.92 Å². The molecule has 2 aromatic heterocycles. The summed E-state index contributed by atoms with van der Waals surface area (Å²) >= 11 is 0. The highest BCUT2D eigenvalue weighted by Gasteiger charge is 2.24. The second-order valence-electron chi connectivity index (χ2n) is 5.86. The Hall–Kier alpha value is -2.23. The quantitative estimate of drug-likeness (QED) is 0.737. The lowest BCUT2D eigenvalue weighted by Crippen LogP contribution is -2.11. The summed E-state index contributed by atoms with van der Waals surface area (Å²) in [6.07, 6.45) is 7.53. The highest BCUT2D eigenvalue weighted by atomic mass is 15.3. The van der Waals surface area contributed by atoms with E-state index >= 15 is 0 Å². The number of nitrogens with zero attached hydrogens (tertiary/aromatic N) is 4. The average Bonchev–Trinajstić information content (AvgIpc) is 2.77. The molecule has 0 saturated heterocycles. The van der Waals surface area contributed by atoms with Crippen LogP contribution in [0.5, 0.6) is 0 Å². The second kappa shape index (κ2) is 4.95. The number of rotatable bonds is 3. The topological polar surface area (TPSA) is 43.6 Å². The Balaban J connectivity index is 1.63. The molecular formula is C17H18N4. The maximum atomic E-state index is 4.70. The van der Waals surface area contributed by atoms with E-state index in [9.17, 15) is 0 Å². The first-order valence-electron chi connectivity index (χ1n) is 7.53. The third-order valence-electron chi connectivity index (χ3n) is 4.38. The summed E-state index contributed by atoms with van der Waals surface area (Å²) < 4.78 is 2.02. The average molecular weight is 278 g/mol. The van der Waals surface area contributed by atoms with Gasteiger partial charge in [-0.25, -0.2) is 9.67 Å². The summed E-state index contributed by atoms with van der Waals surface area (Å²) in [5, 5.41) is 7.09. The zero-order valence-electron chi connectivity index (χ0n) is 12.2. The molecule has 21 heavy (non-hydrogen) atoms. The number of aryl methyl sites for hydroxylation is 1. The second-order valence-corrected chi connectivity index (χ2v) is 5.86. The number of pyridine rings is 1. The highest BCUT2D eigenvalue weighted by Crippen LogP contribution is 2.34. The van der Waals surface area contributed by atoms with Gasteiger partial charge in [0.05, 0.1) is 6.54 Å². The molecule has 0 spiro atoms. The normalized spacial score (nSPS) is 15.3. The number of aromatic nitrogens is 4. The van der Waals surface area contributed by atoms with Gasteiger partial charge in [0.25, 0.3) is 0 Å². The molecule has 0 bridgehead atoms. The summed E-state index contributed by atoms with van der Waals surface area (Å²) in [6, 6.07) is 8.53. The van der Waals surface area contributed by atoms with Crippen LogP contribution < -0.4 is 0 Å². The van der Waals surface area contributed by atoms with Gasteiger partial charge in [-0.1, -0.05) is 18.6 Å². The van der Waals surface area contributed by atoms with Crippen molar-refractivity contribution in [2.45, 2.75) is 38.6 Å². The van der Waals surface area contributed by atoms with Crippen molar-refractivity contribution in [3.05, 3.63) is 53.9 Å². The molecule has 0 amide bonds. The van der Waals surface area contributed by atoms with Crippen LogP contribution in [0, 0.1) is 6.92 Å². The number of fused-ring (bicyclic) bond motifs is 1. The molecule has 4 heteroatoms. The summed E-state index contributed by atoms with van der Waals surface area (Å²) in [6.45, 7) is 2.82. The van der Waals surface area contributed by atoms with Crippen LogP contribution >= 0.6 is 0 Å². The molecule has 1 saturated carbocycles. The van der Waals surface area contributed by atoms with Gasteiger partial charge in [-0.15, -0.1) is 0 Å². The van der Waals surface area contributed by atoms with E-state index in [1.165, 1.54) is 35.6 Å². The molecule has 1 fully saturated rings. The minimum absolute atomic E-state index is 0.590. The van der Waals surface area contributed by atoms with Crippen LogP contribution in [0.4, 0.5) is 0 Å². The van der Waals surface area contributed by atoms with Gasteiger partial charge in [0, 0.05) is 23.7 Å². The highest BCUT2D eigenvalue weighted by molar-refractivity contribution is 5.81. The molecular weight excluding hydrogens is 260 g/mol. The Morgan fingerprint density at radius 3 is 2.90 bits per heavy atom. The summed E-state index contributed by atoms with van der Waals surface area (Å²) in [5.41, 5.74) is 1.25. The maximum absolute atomic E-state index is 4.70. The fraction of sp³-hybridized carbons (Fsp3) is 0.353. The van der Waals surface area contributed by atoms with Crippen molar-refractivity contribution in [2.24, 2.45) is 0 Å². The first-order chi connectivity index (χ1) is 10.3. The predicted octanol–water partition coefficient (Wildman–Crippen LogP) is 3.45. The van der Waals surface area contributed by atoms with Crippen LogP contribution in [0.25, 0.3) is 10.8 Å². The largest absolute Gasteiger partial charge is 0.264 e. The molecule has 0 radical (unpaired) electrons. The molecule has 106 valence electrons. The van der Waals surface area contributed by atoms with Crippen molar-refractivity contribution in [1.29, 1.82) is 0 Å². The van der Waals surface area contributed by atoms with Crippen LogP contribution in [-0.4, -0.2) is 19.7 Å². The van der Waals surface area contributed by atoms with E-state index in [4.69, 9.17) is 5.10 Å². The molecule has 1 aliphatic carbocycles. The van der Waals surface area contributed by atoms with Crippen molar-refractivity contribution in [1.82, 2.24) is 19.7 Å². The van der Waals surface area contributed by atoms with E-state index in [1.807, 2.05) is 30.1 Å². The Labute approximate surface area is 123 Å². The van der Waals surface area contributed by atoms with Gasteiger partial charge in [0.15, 0.2) is 5.82 Å². The fourth-order valence-electron chi connectivity index (χ4n) is 2.84. The predicted molar refractivity (Wildman–Crippen MR) is 82.2 cm³/mol. The van der Waals surface area contributed by atoms with E-state index in [2.05, 4.69) is 28.2 Å². The first kappa shape index (κ1) is 12.5. The molecule has 0 aliphatic heterocycles. The third-order valence-corrected chi connectivity index (χ3v) is 4.38. The number of hydrogen-bond acceptors (Lipinski definition) is 3. The molecule has 4 rings (SSSR count). The van der Waals surface area contributed by atoms with Gasteiger partial charge in [-0.3, -0.25) is 4.98 Å². The van der Waals surface area contributed by atoms with Crippen molar-refractivity contribution in [3.63, 3.8) is 0 Å². The Bertz CT molecular complexity index is 786. The van der Waals surface area contributed by atoms with Gasteiger partial charge >= 0.3 is 0 Å². The molecule has 0 atom stereocenters. The third kappa shape index (κ3) is 2.31. The van der Waals surface area contributed by atoms with E-state index in [-0.39, 0.29) is 0 Å². The van der Waals surface area contributed by atoms with Crippen molar-refractivity contribution in [3.8, 4) is 0 Å². The van der Waals surface area contributed by atoms with Crippen molar-refractivity contribution < 1.29 is 0 Å². The molecule has 4 nitrogen and oxygen atoms in total. The van der Waals surface area contributed by atoms with Gasteiger partial charge in [0.1, 0.15) is 5.82 Å². The Morgan fingerprint density at radius 2 is 2.10 bits per heavy atom. The maximum Gasteiger partial charge on any atom is 0.154 e. The van der Waals surface area contributed by atoms with Crippen molar-refractivity contribution in [2.75, 3.05) is 0 Å². The lowest BCUT2D eigenvalue weighted by atomic mass is 9.85. The Morgan fingerprint density at radius 1 is 1.19 bits per heavy atom. The molecule has 0 unspecified atom stereocenters. The number of hydrogen-bond donors (Lipinski definition) is 0. The van der Waals surface area contributed by atoms with Crippen LogP contribution in [0.1, 0.15) is 42.4 Å². The van der Waals surface area contributed by atoms with Crippen LogP contribution in [-0.2, 0) is 6.54 Å². The smallest absolute Gasteiger partial charge is 0.154 e. The monoisotopic (exact) mass is 278 g/mol. The van der Waals surface area contributed by atoms with E-state index < -0.39 is 0 Å². The Kier molecular flexibility index (Phi) is 2.95. The molecule has 0 N–H and O–H groups in total. The van der Waals surface area contributed by atoms with E-state index in [0.717, 1.165) is 18.2 Å². The van der Waals surface area contributed by atoms with E-state index in [1.54, 1.807) is 0 Å². The van der Waals surface area contributed by atoms with Crippen LogP contribution in [0.3, 0.4) is 0 Å². The molecule has 2 heterocycles. The van der Waals surface area contributed by atoms with Gasteiger partial charge in [0.2, 0.25) is 0 Å². The lowest BCUT2D eigenvalue weighted by molar-refractivity contribution is 0.399. The molecule has 1 aliphatic rings.